The Morgan fingerprint density at radius 2 is 1.79 bits per heavy atom. The molecule has 0 aliphatic carbocycles. The van der Waals surface area contributed by atoms with Crippen LogP contribution in [0.2, 0.25) is 10.4 Å². The first-order valence-electron chi connectivity index (χ1n) is 5.55. The summed E-state index contributed by atoms with van der Waals surface area (Å²) in [6.07, 6.45) is 0. The lowest BCUT2D eigenvalue weighted by atomic mass is 10.0. The Morgan fingerprint density at radius 3 is 2.37 bits per heavy atom. The molecule has 0 atom stereocenters. The first-order valence-corrected chi connectivity index (χ1v) is 6.30. The number of nitrogens with one attached hydrogen (secondary N) is 1. The van der Waals surface area contributed by atoms with Crippen molar-refractivity contribution in [3.8, 4) is 0 Å². The second-order valence-electron chi connectivity index (χ2n) is 4.07. The quantitative estimate of drug-likeness (QED) is 0.679. The average Bonchev–Trinajstić information content (AvgIpc) is 2.26. The van der Waals surface area contributed by atoms with Crippen LogP contribution >= 0.6 is 23.2 Å². The van der Waals surface area contributed by atoms with Crippen LogP contribution in [0.25, 0.3) is 0 Å². The molecule has 19 heavy (non-hydrogen) atoms. The van der Waals surface area contributed by atoms with Gasteiger partial charge in [-0.05, 0) is 36.6 Å². The minimum absolute atomic E-state index is 0.00990. The molecular formula is C13H11Cl2N3O. The molecule has 2 rings (SSSR count). The Bertz CT molecular complexity index is 603. The standard InChI is InChI=1S/C13H11Cl2N3O/c1-7-4-3-5-8(2)11(7)12(19)17-10-6-9(14)16-13(15)18-10/h3-6H,1-2H3,(H,16,17,18,19). The summed E-state index contributed by atoms with van der Waals surface area (Å²) in [5.74, 6) is 0.0269. The zero-order chi connectivity index (χ0) is 14.0. The van der Waals surface area contributed by atoms with Crippen molar-refractivity contribution in [3.63, 3.8) is 0 Å². The van der Waals surface area contributed by atoms with Gasteiger partial charge in [-0.3, -0.25) is 4.79 Å². The van der Waals surface area contributed by atoms with E-state index in [4.69, 9.17) is 23.2 Å². The Labute approximate surface area is 120 Å². The maximum atomic E-state index is 12.2. The van der Waals surface area contributed by atoms with Crippen LogP contribution in [-0.2, 0) is 0 Å². The Morgan fingerprint density at radius 1 is 1.16 bits per heavy atom. The van der Waals surface area contributed by atoms with Gasteiger partial charge in [0.15, 0.2) is 0 Å². The molecule has 4 nitrogen and oxygen atoms in total. The fraction of sp³-hybridized carbons (Fsp3) is 0.154. The van der Waals surface area contributed by atoms with Crippen molar-refractivity contribution in [1.29, 1.82) is 0 Å². The van der Waals surface area contributed by atoms with Crippen LogP contribution in [0.15, 0.2) is 24.3 Å². The molecule has 0 saturated carbocycles. The number of hydrogen-bond donors (Lipinski definition) is 1. The van der Waals surface area contributed by atoms with E-state index in [1.807, 2.05) is 32.0 Å². The highest BCUT2D eigenvalue weighted by atomic mass is 35.5. The summed E-state index contributed by atoms with van der Waals surface area (Å²) in [6.45, 7) is 3.75. The smallest absolute Gasteiger partial charge is 0.257 e. The van der Waals surface area contributed by atoms with E-state index in [1.54, 1.807) is 0 Å². The zero-order valence-corrected chi connectivity index (χ0v) is 11.9. The van der Waals surface area contributed by atoms with E-state index in [0.29, 0.717) is 5.56 Å². The summed E-state index contributed by atoms with van der Waals surface area (Å²) in [5.41, 5.74) is 2.40. The lowest BCUT2D eigenvalue weighted by Gasteiger charge is -2.10. The van der Waals surface area contributed by atoms with Gasteiger partial charge in [-0.2, -0.15) is 0 Å². The van der Waals surface area contributed by atoms with E-state index in [9.17, 15) is 4.79 Å². The molecule has 1 aromatic carbocycles. The van der Waals surface area contributed by atoms with E-state index < -0.39 is 0 Å². The van der Waals surface area contributed by atoms with Gasteiger partial charge in [-0.1, -0.05) is 29.8 Å². The van der Waals surface area contributed by atoms with Crippen molar-refractivity contribution in [3.05, 3.63) is 51.4 Å². The SMILES string of the molecule is Cc1cccc(C)c1C(=O)Nc1cc(Cl)nc(Cl)n1. The van der Waals surface area contributed by atoms with Gasteiger partial charge < -0.3 is 5.32 Å². The third kappa shape index (κ3) is 3.22. The lowest BCUT2D eigenvalue weighted by Crippen LogP contribution is -2.16. The van der Waals surface area contributed by atoms with Crippen molar-refractivity contribution in [2.24, 2.45) is 0 Å². The van der Waals surface area contributed by atoms with E-state index in [-0.39, 0.29) is 22.2 Å². The van der Waals surface area contributed by atoms with Crippen LogP contribution < -0.4 is 5.32 Å². The monoisotopic (exact) mass is 295 g/mol. The fourth-order valence-corrected chi connectivity index (χ4v) is 2.21. The molecule has 2 aromatic rings. The van der Waals surface area contributed by atoms with Crippen LogP contribution in [0.1, 0.15) is 21.5 Å². The lowest BCUT2D eigenvalue weighted by molar-refractivity contribution is 0.102. The number of aromatic nitrogens is 2. The molecule has 1 amide bonds. The first kappa shape index (κ1) is 13.8. The number of carbonyl (C=O) groups is 1. The highest BCUT2D eigenvalue weighted by Crippen LogP contribution is 2.18. The highest BCUT2D eigenvalue weighted by molar-refractivity contribution is 6.32. The van der Waals surface area contributed by atoms with Gasteiger partial charge in [0.1, 0.15) is 11.0 Å². The molecule has 0 radical (unpaired) electrons. The second kappa shape index (κ2) is 5.55. The maximum Gasteiger partial charge on any atom is 0.257 e. The molecule has 1 heterocycles. The molecular weight excluding hydrogens is 285 g/mol. The molecule has 0 bridgehead atoms. The van der Waals surface area contributed by atoms with Crippen molar-refractivity contribution in [2.45, 2.75) is 13.8 Å². The summed E-state index contributed by atoms with van der Waals surface area (Å²) >= 11 is 11.4. The number of benzene rings is 1. The third-order valence-corrected chi connectivity index (χ3v) is 2.98. The zero-order valence-electron chi connectivity index (χ0n) is 10.4. The maximum absolute atomic E-state index is 12.2. The van der Waals surface area contributed by atoms with Crippen molar-refractivity contribution < 1.29 is 4.79 Å². The number of amides is 1. The third-order valence-electron chi connectivity index (χ3n) is 2.62. The van der Waals surface area contributed by atoms with Crippen LogP contribution in [0.3, 0.4) is 0 Å². The predicted molar refractivity (Wildman–Crippen MR) is 75.9 cm³/mol. The summed E-state index contributed by atoms with van der Waals surface area (Å²) < 4.78 is 0. The van der Waals surface area contributed by atoms with Gasteiger partial charge in [-0.25, -0.2) is 9.97 Å². The molecule has 6 heteroatoms. The number of halogens is 2. The summed E-state index contributed by atoms with van der Waals surface area (Å²) in [6, 6.07) is 7.10. The summed E-state index contributed by atoms with van der Waals surface area (Å²) in [7, 11) is 0. The molecule has 0 aliphatic rings. The highest BCUT2D eigenvalue weighted by Gasteiger charge is 2.13. The topological polar surface area (TPSA) is 54.9 Å². The molecule has 0 aliphatic heterocycles. The molecule has 0 saturated heterocycles. The van der Waals surface area contributed by atoms with E-state index in [0.717, 1.165) is 11.1 Å². The number of anilines is 1. The summed E-state index contributed by atoms with van der Waals surface area (Å²) in [4.78, 5) is 19.8. The van der Waals surface area contributed by atoms with Gasteiger partial charge in [0.2, 0.25) is 5.28 Å². The minimum Gasteiger partial charge on any atom is -0.306 e. The Kier molecular flexibility index (Phi) is 4.02. The van der Waals surface area contributed by atoms with Gasteiger partial charge in [0, 0.05) is 11.6 Å². The number of nitrogens with zero attached hydrogens (tertiary/aromatic N) is 2. The van der Waals surface area contributed by atoms with Crippen molar-refractivity contribution in [2.75, 3.05) is 5.32 Å². The van der Waals surface area contributed by atoms with Gasteiger partial charge in [-0.15, -0.1) is 0 Å². The van der Waals surface area contributed by atoms with Gasteiger partial charge in [0.25, 0.3) is 5.91 Å². The number of hydrogen-bond acceptors (Lipinski definition) is 3. The van der Waals surface area contributed by atoms with E-state index in [2.05, 4.69) is 15.3 Å². The number of aryl methyl sites for hydroxylation is 2. The van der Waals surface area contributed by atoms with Crippen molar-refractivity contribution >= 4 is 34.9 Å². The molecule has 1 N–H and O–H groups in total. The van der Waals surface area contributed by atoms with Crippen LogP contribution in [0, 0.1) is 13.8 Å². The largest absolute Gasteiger partial charge is 0.306 e. The number of rotatable bonds is 2. The average molecular weight is 296 g/mol. The van der Waals surface area contributed by atoms with E-state index in [1.165, 1.54) is 6.07 Å². The van der Waals surface area contributed by atoms with Crippen LogP contribution in [0.5, 0.6) is 0 Å². The van der Waals surface area contributed by atoms with Crippen LogP contribution in [-0.4, -0.2) is 15.9 Å². The number of carbonyl (C=O) groups excluding carboxylic acids is 1. The normalized spacial score (nSPS) is 10.3. The van der Waals surface area contributed by atoms with E-state index >= 15 is 0 Å². The molecule has 0 spiro atoms. The Hall–Kier alpha value is -1.65. The van der Waals surface area contributed by atoms with Crippen LogP contribution in [0.4, 0.5) is 5.82 Å². The Balaban J connectivity index is 2.31. The molecule has 1 aromatic heterocycles. The van der Waals surface area contributed by atoms with Crippen molar-refractivity contribution in [1.82, 2.24) is 9.97 Å². The minimum atomic E-state index is -0.249. The summed E-state index contributed by atoms with van der Waals surface area (Å²) in [5, 5.41) is 2.83. The molecule has 0 fully saturated rings. The molecule has 98 valence electrons. The second-order valence-corrected chi connectivity index (χ2v) is 4.79. The van der Waals surface area contributed by atoms with Gasteiger partial charge in [0.05, 0.1) is 0 Å². The fourth-order valence-electron chi connectivity index (χ4n) is 1.81. The first-order chi connectivity index (χ1) is 8.97. The van der Waals surface area contributed by atoms with Gasteiger partial charge >= 0.3 is 0 Å². The predicted octanol–water partition coefficient (Wildman–Crippen LogP) is 3.65. The molecule has 0 unspecified atom stereocenters.